The zero-order valence-electron chi connectivity index (χ0n) is 9.58. The molecule has 0 spiro atoms. The van der Waals surface area contributed by atoms with Gasteiger partial charge in [0.25, 0.3) is 0 Å². The highest BCUT2D eigenvalue weighted by molar-refractivity contribution is 9.10. The van der Waals surface area contributed by atoms with Gasteiger partial charge in [0.1, 0.15) is 5.82 Å². The molecule has 0 fully saturated rings. The molecule has 1 aliphatic rings. The summed E-state index contributed by atoms with van der Waals surface area (Å²) in [4.78, 5) is 8.85. The quantitative estimate of drug-likeness (QED) is 0.880. The number of halogens is 2. The van der Waals surface area contributed by atoms with Crippen molar-refractivity contribution in [3.05, 3.63) is 45.9 Å². The summed E-state index contributed by atoms with van der Waals surface area (Å²) in [5.74, 6) is 0.290. The first-order valence-electron chi connectivity index (χ1n) is 5.75. The highest BCUT2D eigenvalue weighted by Gasteiger charge is 2.14. The van der Waals surface area contributed by atoms with E-state index in [1.54, 1.807) is 6.07 Å². The largest absolute Gasteiger partial charge is 0.312 e. The average molecular weight is 308 g/mol. The maximum Gasteiger partial charge on any atom is 0.160 e. The summed E-state index contributed by atoms with van der Waals surface area (Å²) in [6.07, 6.45) is 2.71. The van der Waals surface area contributed by atoms with E-state index in [4.69, 9.17) is 0 Å². The molecule has 2 heterocycles. The number of nitrogens with zero attached hydrogens (tertiary/aromatic N) is 2. The minimum absolute atomic E-state index is 0.281. The van der Waals surface area contributed by atoms with E-state index in [0.29, 0.717) is 11.4 Å². The Morgan fingerprint density at radius 1 is 1.33 bits per heavy atom. The van der Waals surface area contributed by atoms with E-state index in [1.165, 1.54) is 12.1 Å². The maximum absolute atomic E-state index is 13.3. The van der Waals surface area contributed by atoms with E-state index in [-0.39, 0.29) is 5.82 Å². The van der Waals surface area contributed by atoms with Crippen molar-refractivity contribution in [1.82, 2.24) is 15.3 Å². The first-order valence-corrected chi connectivity index (χ1v) is 6.54. The van der Waals surface area contributed by atoms with Gasteiger partial charge in [-0.05, 0) is 18.2 Å². The predicted octanol–water partition coefficient (Wildman–Crippen LogP) is 2.69. The molecule has 0 aliphatic carbocycles. The lowest BCUT2D eigenvalue weighted by molar-refractivity contribution is 0.624. The van der Waals surface area contributed by atoms with Crippen LogP contribution >= 0.6 is 15.9 Å². The van der Waals surface area contributed by atoms with E-state index >= 15 is 0 Å². The Bertz CT molecular complexity index is 601. The Morgan fingerprint density at radius 2 is 2.22 bits per heavy atom. The number of aromatic nitrogens is 2. The van der Waals surface area contributed by atoms with E-state index in [1.807, 2.05) is 6.20 Å². The van der Waals surface area contributed by atoms with Crippen molar-refractivity contribution in [1.29, 1.82) is 0 Å². The Hall–Kier alpha value is -1.33. The van der Waals surface area contributed by atoms with Crippen molar-refractivity contribution in [3.63, 3.8) is 0 Å². The number of hydrogen-bond donors (Lipinski definition) is 1. The number of benzene rings is 1. The highest BCUT2D eigenvalue weighted by atomic mass is 79.9. The fourth-order valence-corrected chi connectivity index (χ4v) is 2.46. The van der Waals surface area contributed by atoms with Gasteiger partial charge in [0, 0.05) is 41.3 Å². The third-order valence-electron chi connectivity index (χ3n) is 2.98. The lowest BCUT2D eigenvalue weighted by atomic mass is 10.1. The van der Waals surface area contributed by atoms with Crippen LogP contribution in [0.2, 0.25) is 0 Å². The van der Waals surface area contributed by atoms with Crippen LogP contribution in [0, 0.1) is 5.82 Å². The number of nitrogens with one attached hydrogen (secondary N) is 1. The highest BCUT2D eigenvalue weighted by Crippen LogP contribution is 2.27. The van der Waals surface area contributed by atoms with E-state index in [9.17, 15) is 4.39 Å². The third-order valence-corrected chi connectivity index (χ3v) is 3.67. The molecule has 0 saturated carbocycles. The van der Waals surface area contributed by atoms with Gasteiger partial charge in [-0.2, -0.15) is 0 Å². The molecule has 1 aliphatic heterocycles. The Labute approximate surface area is 113 Å². The van der Waals surface area contributed by atoms with Crippen LogP contribution in [0.1, 0.15) is 11.3 Å². The molecule has 0 saturated heterocycles. The van der Waals surface area contributed by atoms with Crippen LogP contribution in [0.5, 0.6) is 0 Å². The van der Waals surface area contributed by atoms with Crippen LogP contribution in [0.25, 0.3) is 11.4 Å². The molecule has 0 amide bonds. The molecule has 3 nitrogen and oxygen atoms in total. The molecular weight excluding hydrogens is 297 g/mol. The first kappa shape index (κ1) is 11.7. The lowest BCUT2D eigenvalue weighted by Crippen LogP contribution is -2.25. The van der Waals surface area contributed by atoms with Gasteiger partial charge in [0.2, 0.25) is 0 Å². The van der Waals surface area contributed by atoms with Crippen LogP contribution in [-0.2, 0) is 13.0 Å². The van der Waals surface area contributed by atoms with Crippen LogP contribution in [0.4, 0.5) is 4.39 Å². The van der Waals surface area contributed by atoms with Crippen LogP contribution in [-0.4, -0.2) is 16.5 Å². The van der Waals surface area contributed by atoms with Crippen molar-refractivity contribution < 1.29 is 4.39 Å². The summed E-state index contributed by atoms with van der Waals surface area (Å²) in [5, 5.41) is 3.27. The second kappa shape index (κ2) is 4.74. The van der Waals surface area contributed by atoms with Crippen LogP contribution in [0.15, 0.2) is 28.9 Å². The van der Waals surface area contributed by atoms with E-state index < -0.39 is 0 Å². The monoisotopic (exact) mass is 307 g/mol. The van der Waals surface area contributed by atoms with Gasteiger partial charge in [-0.15, -0.1) is 0 Å². The molecule has 5 heteroatoms. The van der Waals surface area contributed by atoms with Crippen molar-refractivity contribution in [3.8, 4) is 11.4 Å². The van der Waals surface area contributed by atoms with E-state index in [0.717, 1.165) is 35.2 Å². The minimum Gasteiger partial charge on any atom is -0.312 e. The molecule has 0 unspecified atom stereocenters. The average Bonchev–Trinajstić information content (AvgIpc) is 2.41. The van der Waals surface area contributed by atoms with Crippen LogP contribution < -0.4 is 5.32 Å². The molecule has 1 aromatic carbocycles. The maximum atomic E-state index is 13.3. The van der Waals surface area contributed by atoms with Gasteiger partial charge in [-0.3, -0.25) is 0 Å². The Morgan fingerprint density at radius 3 is 3.11 bits per heavy atom. The van der Waals surface area contributed by atoms with Gasteiger partial charge in [-0.25, -0.2) is 14.4 Å². The molecular formula is C13H11BrFN3. The molecule has 1 N–H and O–H groups in total. The minimum atomic E-state index is -0.281. The number of rotatable bonds is 1. The lowest BCUT2D eigenvalue weighted by Gasteiger charge is -2.16. The van der Waals surface area contributed by atoms with Gasteiger partial charge >= 0.3 is 0 Å². The molecule has 0 radical (unpaired) electrons. The Kier molecular flexibility index (Phi) is 3.09. The summed E-state index contributed by atoms with van der Waals surface area (Å²) in [5.41, 5.74) is 2.86. The van der Waals surface area contributed by atoms with Crippen molar-refractivity contribution in [2.24, 2.45) is 0 Å². The first-order chi connectivity index (χ1) is 8.74. The number of hydrogen-bond acceptors (Lipinski definition) is 3. The summed E-state index contributed by atoms with van der Waals surface area (Å²) in [6, 6.07) is 4.54. The van der Waals surface area contributed by atoms with Gasteiger partial charge < -0.3 is 5.32 Å². The summed E-state index contributed by atoms with van der Waals surface area (Å²) in [6.45, 7) is 1.73. The van der Waals surface area contributed by atoms with Crippen molar-refractivity contribution in [2.75, 3.05) is 6.54 Å². The molecule has 1 aromatic heterocycles. The molecule has 0 atom stereocenters. The smallest absolute Gasteiger partial charge is 0.160 e. The van der Waals surface area contributed by atoms with Gasteiger partial charge in [0.15, 0.2) is 5.82 Å². The molecule has 3 rings (SSSR count). The summed E-state index contributed by atoms with van der Waals surface area (Å²) >= 11 is 3.40. The Balaban J connectivity index is 2.09. The fraction of sp³-hybridized carbons (Fsp3) is 0.231. The zero-order valence-corrected chi connectivity index (χ0v) is 11.2. The third kappa shape index (κ3) is 2.15. The normalized spacial score (nSPS) is 14.3. The zero-order chi connectivity index (χ0) is 12.5. The molecule has 0 bridgehead atoms. The molecule has 2 aromatic rings. The SMILES string of the molecule is Fc1ccc(Br)c(-c2ncc3c(n2)CCNC3)c1. The molecule has 18 heavy (non-hydrogen) atoms. The van der Waals surface area contributed by atoms with Gasteiger partial charge in [0.05, 0.1) is 5.69 Å². The van der Waals surface area contributed by atoms with Crippen LogP contribution in [0.3, 0.4) is 0 Å². The standard InChI is InChI=1S/C13H11BrFN3/c14-11-2-1-9(15)5-10(11)13-17-7-8-6-16-4-3-12(8)18-13/h1-2,5,7,16H,3-4,6H2. The topological polar surface area (TPSA) is 37.8 Å². The summed E-state index contributed by atoms with van der Waals surface area (Å²) < 4.78 is 14.1. The van der Waals surface area contributed by atoms with Gasteiger partial charge in [-0.1, -0.05) is 15.9 Å². The number of fused-ring (bicyclic) bond motifs is 1. The second-order valence-electron chi connectivity index (χ2n) is 4.22. The van der Waals surface area contributed by atoms with E-state index in [2.05, 4.69) is 31.2 Å². The second-order valence-corrected chi connectivity index (χ2v) is 5.07. The predicted molar refractivity (Wildman–Crippen MR) is 70.5 cm³/mol. The van der Waals surface area contributed by atoms with Crippen molar-refractivity contribution in [2.45, 2.75) is 13.0 Å². The summed E-state index contributed by atoms with van der Waals surface area (Å²) in [7, 11) is 0. The fourth-order valence-electron chi connectivity index (χ4n) is 2.03. The van der Waals surface area contributed by atoms with Crippen molar-refractivity contribution >= 4 is 15.9 Å². The molecule has 92 valence electrons.